The number of aryl methyl sites for hydroxylation is 2. The second-order valence-corrected chi connectivity index (χ2v) is 4.77. The molecule has 2 aromatic carbocycles. The van der Waals surface area contributed by atoms with E-state index >= 15 is 0 Å². The van der Waals surface area contributed by atoms with Crippen LogP contribution in [0.2, 0.25) is 0 Å². The van der Waals surface area contributed by atoms with Gasteiger partial charge in [0.2, 0.25) is 0 Å². The molecular formula is C16H17FN2O. The number of nitrogens with one attached hydrogen (secondary N) is 1. The summed E-state index contributed by atoms with van der Waals surface area (Å²) in [4.78, 5) is 0. The van der Waals surface area contributed by atoms with Crippen molar-refractivity contribution < 1.29 is 9.13 Å². The Kier molecular flexibility index (Phi) is 4.03. The Balaban J connectivity index is 2.10. The van der Waals surface area contributed by atoms with Crippen LogP contribution in [0.5, 0.6) is 5.75 Å². The number of halogens is 1. The largest absolute Gasteiger partial charge is 0.486 e. The predicted octanol–water partition coefficient (Wildman–Crippen LogP) is 3.31. The minimum atomic E-state index is -0.512. The number of benzene rings is 2. The zero-order chi connectivity index (χ0) is 14.7. The van der Waals surface area contributed by atoms with Crippen molar-refractivity contribution in [1.82, 2.24) is 0 Å². The highest BCUT2D eigenvalue weighted by Crippen LogP contribution is 2.20. The van der Waals surface area contributed by atoms with Gasteiger partial charge in [-0.3, -0.25) is 5.41 Å². The number of hydrogen-bond donors (Lipinski definition) is 2. The number of amidine groups is 1. The van der Waals surface area contributed by atoms with Crippen molar-refractivity contribution in [2.75, 3.05) is 0 Å². The Morgan fingerprint density at radius 3 is 2.50 bits per heavy atom. The van der Waals surface area contributed by atoms with E-state index in [1.807, 2.05) is 32.0 Å². The van der Waals surface area contributed by atoms with Gasteiger partial charge in [-0.15, -0.1) is 0 Å². The normalized spacial score (nSPS) is 10.3. The van der Waals surface area contributed by atoms with Crippen molar-refractivity contribution in [3.8, 4) is 5.75 Å². The zero-order valence-electron chi connectivity index (χ0n) is 11.5. The molecule has 0 saturated heterocycles. The molecule has 3 nitrogen and oxygen atoms in total. The summed E-state index contributed by atoms with van der Waals surface area (Å²) in [6.07, 6.45) is 0. The molecule has 0 radical (unpaired) electrons. The van der Waals surface area contributed by atoms with Gasteiger partial charge in [-0.1, -0.05) is 18.2 Å². The lowest BCUT2D eigenvalue weighted by molar-refractivity contribution is 0.290. The van der Waals surface area contributed by atoms with Crippen LogP contribution in [0.25, 0.3) is 0 Å². The Bertz CT molecular complexity index is 653. The molecule has 104 valence electrons. The lowest BCUT2D eigenvalue weighted by Crippen LogP contribution is -2.11. The maximum Gasteiger partial charge on any atom is 0.165 e. The second kappa shape index (κ2) is 5.74. The van der Waals surface area contributed by atoms with Crippen LogP contribution in [0.15, 0.2) is 36.4 Å². The quantitative estimate of drug-likeness (QED) is 0.662. The Morgan fingerprint density at radius 2 is 1.90 bits per heavy atom. The van der Waals surface area contributed by atoms with E-state index in [0.717, 1.165) is 5.56 Å². The van der Waals surface area contributed by atoms with Crippen LogP contribution in [0.3, 0.4) is 0 Å². The third-order valence-corrected chi connectivity index (χ3v) is 3.21. The van der Waals surface area contributed by atoms with E-state index in [4.69, 9.17) is 15.9 Å². The van der Waals surface area contributed by atoms with Crippen LogP contribution < -0.4 is 10.5 Å². The van der Waals surface area contributed by atoms with Crippen molar-refractivity contribution >= 4 is 5.84 Å². The topological polar surface area (TPSA) is 59.1 Å². The molecule has 0 aromatic heterocycles. The smallest absolute Gasteiger partial charge is 0.165 e. The Morgan fingerprint density at radius 1 is 1.15 bits per heavy atom. The molecule has 0 amide bonds. The fraction of sp³-hybridized carbons (Fsp3) is 0.188. The molecule has 0 aliphatic rings. The predicted molar refractivity (Wildman–Crippen MR) is 77.7 cm³/mol. The summed E-state index contributed by atoms with van der Waals surface area (Å²) in [7, 11) is 0. The van der Waals surface area contributed by atoms with Gasteiger partial charge in [0.1, 0.15) is 12.4 Å². The molecular weight excluding hydrogens is 255 g/mol. The molecule has 0 atom stereocenters. The van der Waals surface area contributed by atoms with E-state index < -0.39 is 5.82 Å². The summed E-state index contributed by atoms with van der Waals surface area (Å²) in [6.45, 7) is 4.37. The average Bonchev–Trinajstić information content (AvgIpc) is 2.41. The fourth-order valence-electron chi connectivity index (χ4n) is 1.84. The number of nitrogen functional groups attached to an aromatic ring is 1. The lowest BCUT2D eigenvalue weighted by Gasteiger charge is -2.10. The van der Waals surface area contributed by atoms with Crippen LogP contribution >= 0.6 is 0 Å². The first-order chi connectivity index (χ1) is 9.47. The van der Waals surface area contributed by atoms with Gasteiger partial charge in [0.15, 0.2) is 11.6 Å². The molecule has 0 spiro atoms. The van der Waals surface area contributed by atoms with Crippen molar-refractivity contribution in [2.45, 2.75) is 20.5 Å². The molecule has 3 N–H and O–H groups in total. The van der Waals surface area contributed by atoms with E-state index in [2.05, 4.69) is 0 Å². The second-order valence-electron chi connectivity index (χ2n) is 4.77. The minimum absolute atomic E-state index is 0.160. The maximum atomic E-state index is 13.8. The molecule has 0 fully saturated rings. The van der Waals surface area contributed by atoms with Gasteiger partial charge in [0.05, 0.1) is 0 Å². The summed E-state index contributed by atoms with van der Waals surface area (Å²) in [5.74, 6) is -0.514. The highest BCUT2D eigenvalue weighted by atomic mass is 19.1. The molecule has 20 heavy (non-hydrogen) atoms. The molecule has 2 aromatic rings. The van der Waals surface area contributed by atoms with Gasteiger partial charge in [0.25, 0.3) is 0 Å². The van der Waals surface area contributed by atoms with Gasteiger partial charge < -0.3 is 10.5 Å². The minimum Gasteiger partial charge on any atom is -0.486 e. The molecule has 0 aliphatic carbocycles. The molecule has 0 unspecified atom stereocenters. The zero-order valence-corrected chi connectivity index (χ0v) is 11.5. The summed E-state index contributed by atoms with van der Waals surface area (Å²) in [5.41, 5.74) is 9.03. The third-order valence-electron chi connectivity index (χ3n) is 3.21. The standard InChI is InChI=1S/C16H17FN2O/c1-10-3-4-12(7-11(10)2)9-20-15-6-5-13(16(18)19)8-14(15)17/h3-8H,9H2,1-2H3,(H3,18,19). The molecule has 0 heterocycles. The summed E-state index contributed by atoms with van der Waals surface area (Å²) in [6, 6.07) is 10.3. The maximum absolute atomic E-state index is 13.8. The van der Waals surface area contributed by atoms with Crippen LogP contribution in [-0.4, -0.2) is 5.84 Å². The Hall–Kier alpha value is -2.36. The summed E-state index contributed by atoms with van der Waals surface area (Å²) >= 11 is 0. The van der Waals surface area contributed by atoms with Gasteiger partial charge in [-0.2, -0.15) is 0 Å². The highest BCUT2D eigenvalue weighted by Gasteiger charge is 2.07. The number of ether oxygens (including phenoxy) is 1. The van der Waals surface area contributed by atoms with E-state index in [9.17, 15) is 4.39 Å². The lowest BCUT2D eigenvalue weighted by atomic mass is 10.1. The first-order valence-corrected chi connectivity index (χ1v) is 6.30. The van der Waals surface area contributed by atoms with Gasteiger partial charge in [-0.05, 0) is 48.7 Å². The molecule has 0 aliphatic heterocycles. The van der Waals surface area contributed by atoms with Gasteiger partial charge in [-0.25, -0.2) is 4.39 Å². The van der Waals surface area contributed by atoms with E-state index in [1.54, 1.807) is 6.07 Å². The molecule has 0 bridgehead atoms. The van der Waals surface area contributed by atoms with Crippen LogP contribution in [0, 0.1) is 25.1 Å². The van der Waals surface area contributed by atoms with Crippen molar-refractivity contribution in [1.29, 1.82) is 5.41 Å². The SMILES string of the molecule is Cc1ccc(COc2ccc(C(=N)N)cc2F)cc1C. The first-order valence-electron chi connectivity index (χ1n) is 6.30. The van der Waals surface area contributed by atoms with E-state index in [-0.39, 0.29) is 11.6 Å². The van der Waals surface area contributed by atoms with Crippen molar-refractivity contribution in [3.05, 3.63) is 64.5 Å². The molecule has 4 heteroatoms. The molecule has 0 saturated carbocycles. The van der Waals surface area contributed by atoms with Crippen LogP contribution in [-0.2, 0) is 6.61 Å². The third kappa shape index (κ3) is 3.15. The number of nitrogens with two attached hydrogens (primary N) is 1. The van der Waals surface area contributed by atoms with Gasteiger partial charge >= 0.3 is 0 Å². The first kappa shape index (κ1) is 14.1. The highest BCUT2D eigenvalue weighted by molar-refractivity contribution is 5.95. The Labute approximate surface area is 117 Å². The number of rotatable bonds is 4. The average molecular weight is 272 g/mol. The van der Waals surface area contributed by atoms with E-state index in [0.29, 0.717) is 12.2 Å². The van der Waals surface area contributed by atoms with Crippen LogP contribution in [0.1, 0.15) is 22.3 Å². The van der Waals surface area contributed by atoms with E-state index in [1.165, 1.54) is 23.3 Å². The number of hydrogen-bond acceptors (Lipinski definition) is 2. The summed E-state index contributed by atoms with van der Waals surface area (Å²) in [5, 5.41) is 7.25. The monoisotopic (exact) mass is 272 g/mol. The van der Waals surface area contributed by atoms with Crippen LogP contribution in [0.4, 0.5) is 4.39 Å². The molecule has 2 rings (SSSR count). The summed E-state index contributed by atoms with van der Waals surface area (Å²) < 4.78 is 19.2. The van der Waals surface area contributed by atoms with Crippen molar-refractivity contribution in [3.63, 3.8) is 0 Å². The van der Waals surface area contributed by atoms with Gasteiger partial charge in [0, 0.05) is 5.56 Å². The fourth-order valence-corrected chi connectivity index (χ4v) is 1.84. The van der Waals surface area contributed by atoms with Crippen molar-refractivity contribution in [2.24, 2.45) is 5.73 Å².